The number of nitrogens with one attached hydrogen (secondary N) is 1. The third-order valence-electron chi connectivity index (χ3n) is 4.94. The molecule has 0 bridgehead atoms. The fourth-order valence-corrected chi connectivity index (χ4v) is 3.41. The summed E-state index contributed by atoms with van der Waals surface area (Å²) in [5.41, 5.74) is 4.64. The maximum atomic E-state index is 13.1. The van der Waals surface area contributed by atoms with Crippen LogP contribution in [0, 0.1) is 10.1 Å². The second kappa shape index (κ2) is 14.2. The number of nitrogen functional groups attached to an aromatic ring is 1. The molecule has 2 unspecified atom stereocenters. The van der Waals surface area contributed by atoms with Crippen molar-refractivity contribution in [3.63, 3.8) is 0 Å². The summed E-state index contributed by atoms with van der Waals surface area (Å²) in [5, 5.41) is 14.6. The zero-order chi connectivity index (χ0) is 27.5. The fourth-order valence-electron chi connectivity index (χ4n) is 3.41. The Kier molecular flexibility index (Phi) is 12.1. The van der Waals surface area contributed by atoms with E-state index in [0.29, 0.717) is 19.4 Å². The number of nitrogens with zero attached hydrogens (tertiary/aromatic N) is 4. The molecule has 1 heterocycles. The molecule has 1 aromatic heterocycles. The molecular weight excluding hydrogens is 472 g/mol. The first kappa shape index (κ1) is 30.7. The van der Waals surface area contributed by atoms with Crippen molar-refractivity contribution < 1.29 is 28.7 Å². The number of ether oxygens (including phenoxy) is 3. The molecule has 0 aliphatic rings. The maximum Gasteiger partial charge on any atom is 0.407 e. The van der Waals surface area contributed by atoms with Crippen molar-refractivity contribution in [1.29, 1.82) is 0 Å². The smallest absolute Gasteiger partial charge is 0.407 e. The van der Waals surface area contributed by atoms with Crippen LogP contribution in [0.25, 0.3) is 0 Å². The highest BCUT2D eigenvalue weighted by atomic mass is 16.6. The van der Waals surface area contributed by atoms with Crippen LogP contribution in [0.15, 0.2) is 0 Å². The van der Waals surface area contributed by atoms with Gasteiger partial charge in [-0.05, 0) is 47.5 Å². The Morgan fingerprint density at radius 3 is 2.39 bits per heavy atom. The van der Waals surface area contributed by atoms with E-state index in [9.17, 15) is 19.7 Å². The molecule has 0 aliphatic heterocycles. The average Bonchev–Trinajstić information content (AvgIpc) is 2.75. The van der Waals surface area contributed by atoms with Crippen LogP contribution in [0.2, 0.25) is 0 Å². The van der Waals surface area contributed by atoms with E-state index >= 15 is 0 Å². The molecule has 2 atom stereocenters. The van der Waals surface area contributed by atoms with E-state index in [1.54, 1.807) is 34.6 Å². The number of carbonyl (C=O) groups is 2. The summed E-state index contributed by atoms with van der Waals surface area (Å²) in [6, 6.07) is -1.74. The number of nitro groups is 1. The Bertz CT molecular complexity index is 890. The molecule has 13 heteroatoms. The van der Waals surface area contributed by atoms with Crippen LogP contribution in [-0.2, 0) is 14.3 Å². The lowest BCUT2D eigenvalue weighted by Gasteiger charge is -2.36. The lowest BCUT2D eigenvalue weighted by atomic mass is 10.1. The minimum absolute atomic E-state index is 0.0666. The minimum atomic E-state index is -1.17. The SMILES string of the molecule is CCCCOc1nc(N)c([N+](=O)[O-])c(N(C(C)CCC)C(CNC(=O)OC(C)(C)C)C(=O)OCC)n1. The number of hydrogen-bond donors (Lipinski definition) is 2. The molecule has 1 rings (SSSR count). The van der Waals surface area contributed by atoms with Gasteiger partial charge in [-0.25, -0.2) is 9.59 Å². The van der Waals surface area contributed by atoms with E-state index in [1.165, 1.54) is 4.90 Å². The Hall–Kier alpha value is -3.38. The highest BCUT2D eigenvalue weighted by molar-refractivity contribution is 5.83. The third-order valence-corrected chi connectivity index (χ3v) is 4.94. The first-order chi connectivity index (χ1) is 16.9. The normalized spacial score (nSPS) is 12.9. The van der Waals surface area contributed by atoms with Gasteiger partial charge in [-0.2, -0.15) is 9.97 Å². The summed E-state index contributed by atoms with van der Waals surface area (Å²) in [7, 11) is 0. The summed E-state index contributed by atoms with van der Waals surface area (Å²) in [6.07, 6.45) is 2.09. The van der Waals surface area contributed by atoms with Crippen LogP contribution in [0.1, 0.15) is 74.1 Å². The van der Waals surface area contributed by atoms with Crippen molar-refractivity contribution in [1.82, 2.24) is 15.3 Å². The topological polar surface area (TPSA) is 172 Å². The Labute approximate surface area is 212 Å². The third kappa shape index (κ3) is 9.34. The number of hydrogen-bond acceptors (Lipinski definition) is 11. The van der Waals surface area contributed by atoms with Crippen molar-refractivity contribution >= 4 is 29.4 Å². The molecule has 0 aromatic carbocycles. The molecule has 13 nitrogen and oxygen atoms in total. The van der Waals surface area contributed by atoms with Crippen LogP contribution < -0.4 is 20.7 Å². The largest absolute Gasteiger partial charge is 0.464 e. The highest BCUT2D eigenvalue weighted by Gasteiger charge is 2.38. The van der Waals surface area contributed by atoms with E-state index < -0.39 is 46.2 Å². The number of anilines is 2. The second-order valence-corrected chi connectivity index (χ2v) is 9.22. The number of esters is 1. The van der Waals surface area contributed by atoms with Gasteiger partial charge in [0.05, 0.1) is 24.7 Å². The van der Waals surface area contributed by atoms with E-state index in [2.05, 4.69) is 15.3 Å². The maximum absolute atomic E-state index is 13.1. The van der Waals surface area contributed by atoms with Crippen molar-refractivity contribution in [3.05, 3.63) is 10.1 Å². The lowest BCUT2D eigenvalue weighted by molar-refractivity contribution is -0.383. The Morgan fingerprint density at radius 1 is 1.19 bits per heavy atom. The van der Waals surface area contributed by atoms with E-state index in [1.807, 2.05) is 13.8 Å². The number of rotatable bonds is 14. The van der Waals surface area contributed by atoms with Crippen LogP contribution in [0.4, 0.5) is 22.1 Å². The number of carbonyl (C=O) groups excluding carboxylic acids is 2. The fraction of sp³-hybridized carbons (Fsp3) is 0.739. The van der Waals surface area contributed by atoms with E-state index in [-0.39, 0.29) is 25.0 Å². The van der Waals surface area contributed by atoms with Crippen molar-refractivity contribution in [2.75, 3.05) is 30.4 Å². The number of amides is 1. The first-order valence-electron chi connectivity index (χ1n) is 12.2. The molecule has 0 saturated heterocycles. The summed E-state index contributed by atoms with van der Waals surface area (Å²) >= 11 is 0. The first-order valence-corrected chi connectivity index (χ1v) is 12.2. The summed E-state index contributed by atoms with van der Waals surface area (Å²) in [5.74, 6) is -1.28. The predicted molar refractivity (Wildman–Crippen MR) is 135 cm³/mol. The number of nitrogens with two attached hydrogens (primary N) is 1. The molecule has 36 heavy (non-hydrogen) atoms. The summed E-state index contributed by atoms with van der Waals surface area (Å²) in [6.45, 7) is 12.6. The van der Waals surface area contributed by atoms with Gasteiger partial charge in [0.2, 0.25) is 11.6 Å². The molecule has 1 amide bonds. The van der Waals surface area contributed by atoms with Gasteiger partial charge in [0.25, 0.3) is 0 Å². The Morgan fingerprint density at radius 2 is 1.86 bits per heavy atom. The van der Waals surface area contributed by atoms with Gasteiger partial charge >= 0.3 is 23.8 Å². The van der Waals surface area contributed by atoms with Gasteiger partial charge in [-0.3, -0.25) is 10.1 Å². The van der Waals surface area contributed by atoms with Crippen LogP contribution in [-0.4, -0.2) is 64.4 Å². The zero-order valence-electron chi connectivity index (χ0n) is 22.3. The van der Waals surface area contributed by atoms with Crippen molar-refractivity contribution in [2.45, 2.75) is 91.8 Å². The standard InChI is InChI=1S/C23H40N6O7/c1-8-11-13-35-21-26-18(24)17(29(32)33)19(27-21)28(15(4)12-9-2)16(20(30)34-10-3)14-25-22(31)36-23(5,6)7/h15-16H,8-14H2,1-7H3,(H,25,31)(H2,24,26,27). The molecule has 3 N–H and O–H groups in total. The van der Waals surface area contributed by atoms with Gasteiger partial charge in [-0.15, -0.1) is 0 Å². The monoisotopic (exact) mass is 512 g/mol. The average molecular weight is 513 g/mol. The predicted octanol–water partition coefficient (Wildman–Crippen LogP) is 3.60. The minimum Gasteiger partial charge on any atom is -0.464 e. The highest BCUT2D eigenvalue weighted by Crippen LogP contribution is 2.36. The van der Waals surface area contributed by atoms with Gasteiger partial charge in [-0.1, -0.05) is 26.7 Å². The van der Waals surface area contributed by atoms with E-state index in [4.69, 9.17) is 19.9 Å². The van der Waals surface area contributed by atoms with Gasteiger partial charge in [0.15, 0.2) is 0 Å². The molecule has 0 radical (unpaired) electrons. The molecule has 0 saturated carbocycles. The van der Waals surface area contributed by atoms with E-state index in [0.717, 1.165) is 12.8 Å². The van der Waals surface area contributed by atoms with Gasteiger partial charge in [0, 0.05) is 6.04 Å². The molecule has 0 aliphatic carbocycles. The van der Waals surface area contributed by atoms with Gasteiger partial charge in [0.1, 0.15) is 11.6 Å². The zero-order valence-corrected chi connectivity index (χ0v) is 22.3. The molecule has 1 aromatic rings. The van der Waals surface area contributed by atoms with Crippen LogP contribution >= 0.6 is 0 Å². The van der Waals surface area contributed by atoms with Crippen molar-refractivity contribution in [3.8, 4) is 6.01 Å². The Balaban J connectivity index is 3.62. The van der Waals surface area contributed by atoms with Crippen LogP contribution in [0.5, 0.6) is 6.01 Å². The number of unbranched alkanes of at least 4 members (excludes halogenated alkanes) is 1. The molecule has 204 valence electrons. The van der Waals surface area contributed by atoms with Crippen LogP contribution in [0.3, 0.4) is 0 Å². The number of alkyl carbamates (subject to hydrolysis) is 1. The van der Waals surface area contributed by atoms with Crippen molar-refractivity contribution in [2.24, 2.45) is 0 Å². The molecular formula is C23H40N6O7. The summed E-state index contributed by atoms with van der Waals surface area (Å²) in [4.78, 5) is 46.4. The molecule has 0 spiro atoms. The summed E-state index contributed by atoms with van der Waals surface area (Å²) < 4.78 is 16.1. The quantitative estimate of drug-likeness (QED) is 0.161. The lowest BCUT2D eigenvalue weighted by Crippen LogP contribution is -2.54. The second-order valence-electron chi connectivity index (χ2n) is 9.22. The number of aromatic nitrogens is 2. The van der Waals surface area contributed by atoms with Gasteiger partial charge < -0.3 is 30.2 Å². The molecule has 0 fully saturated rings.